The molecular formula is C20H19ClN4. The molecule has 0 N–H and O–H groups in total. The summed E-state index contributed by atoms with van der Waals surface area (Å²) in [5, 5.41) is 9.47. The Morgan fingerprint density at radius 2 is 1.80 bits per heavy atom. The molecule has 0 fully saturated rings. The molecule has 0 unspecified atom stereocenters. The number of fused-ring (bicyclic) bond motifs is 1. The largest absolute Gasteiger partial charge is 0.311 e. The Balaban J connectivity index is 1.57. The number of aromatic nitrogens is 3. The van der Waals surface area contributed by atoms with Crippen molar-refractivity contribution in [2.45, 2.75) is 32.2 Å². The van der Waals surface area contributed by atoms with Gasteiger partial charge in [0.15, 0.2) is 5.82 Å². The van der Waals surface area contributed by atoms with Gasteiger partial charge in [0.1, 0.15) is 5.82 Å². The Bertz CT molecular complexity index is 896. The predicted octanol–water partition coefficient (Wildman–Crippen LogP) is 5.08. The van der Waals surface area contributed by atoms with E-state index in [1.54, 1.807) is 6.21 Å². The van der Waals surface area contributed by atoms with Crippen LogP contribution in [0.3, 0.4) is 0 Å². The Hall–Kier alpha value is -2.46. The minimum Gasteiger partial charge on any atom is -0.311 e. The van der Waals surface area contributed by atoms with E-state index in [1.165, 1.54) is 19.3 Å². The molecule has 126 valence electrons. The highest BCUT2D eigenvalue weighted by Gasteiger charge is 2.15. The SMILES string of the molecule is Clc1ccccc1C=Nc1ccc(-c2nnc3n2CCCCC3)cc1. The highest BCUT2D eigenvalue weighted by atomic mass is 35.5. The molecule has 0 bridgehead atoms. The minimum atomic E-state index is 0.703. The predicted molar refractivity (Wildman–Crippen MR) is 102 cm³/mol. The van der Waals surface area contributed by atoms with Gasteiger partial charge in [0, 0.05) is 35.3 Å². The lowest BCUT2D eigenvalue weighted by molar-refractivity contribution is 0.636. The van der Waals surface area contributed by atoms with Crippen LogP contribution in [0.25, 0.3) is 11.4 Å². The van der Waals surface area contributed by atoms with Crippen LogP contribution in [0.15, 0.2) is 53.5 Å². The highest BCUT2D eigenvalue weighted by Crippen LogP contribution is 2.25. The summed E-state index contributed by atoms with van der Waals surface area (Å²) >= 11 is 6.15. The molecule has 0 saturated carbocycles. The van der Waals surface area contributed by atoms with Gasteiger partial charge in [-0.15, -0.1) is 10.2 Å². The Morgan fingerprint density at radius 1 is 0.960 bits per heavy atom. The first-order valence-corrected chi connectivity index (χ1v) is 9.00. The van der Waals surface area contributed by atoms with Gasteiger partial charge in [0.25, 0.3) is 0 Å². The monoisotopic (exact) mass is 350 g/mol. The number of benzene rings is 2. The third-order valence-corrected chi connectivity index (χ3v) is 4.84. The molecule has 4 rings (SSSR count). The van der Waals surface area contributed by atoms with Crippen molar-refractivity contribution in [1.82, 2.24) is 14.8 Å². The standard InChI is InChI=1S/C20H19ClN4/c21-18-7-4-3-6-16(18)14-22-17-11-9-15(10-12-17)20-24-23-19-8-2-1-5-13-25(19)20/h3-4,6-7,9-12,14H,1-2,5,8,13H2. The molecule has 0 radical (unpaired) electrons. The fourth-order valence-electron chi connectivity index (χ4n) is 3.12. The van der Waals surface area contributed by atoms with Crippen LogP contribution in [0.1, 0.15) is 30.7 Å². The zero-order valence-corrected chi connectivity index (χ0v) is 14.7. The zero-order valence-electron chi connectivity index (χ0n) is 13.9. The summed E-state index contributed by atoms with van der Waals surface area (Å²) in [6, 6.07) is 15.8. The van der Waals surface area contributed by atoms with Gasteiger partial charge in [-0.25, -0.2) is 0 Å². The maximum Gasteiger partial charge on any atom is 0.163 e. The van der Waals surface area contributed by atoms with Crippen LogP contribution in [0, 0.1) is 0 Å². The number of nitrogens with zero attached hydrogens (tertiary/aromatic N) is 4. The van der Waals surface area contributed by atoms with Crippen LogP contribution in [0.2, 0.25) is 5.02 Å². The molecule has 1 aliphatic heterocycles. The summed E-state index contributed by atoms with van der Waals surface area (Å²) in [6.45, 7) is 1.00. The third-order valence-electron chi connectivity index (χ3n) is 4.49. The van der Waals surface area contributed by atoms with E-state index in [0.717, 1.165) is 41.4 Å². The molecule has 25 heavy (non-hydrogen) atoms. The van der Waals surface area contributed by atoms with Gasteiger partial charge in [0.2, 0.25) is 0 Å². The average molecular weight is 351 g/mol. The highest BCUT2D eigenvalue weighted by molar-refractivity contribution is 6.33. The van der Waals surface area contributed by atoms with E-state index in [4.69, 9.17) is 11.6 Å². The fraction of sp³-hybridized carbons (Fsp3) is 0.250. The average Bonchev–Trinajstić information content (AvgIpc) is 2.90. The number of hydrogen-bond donors (Lipinski definition) is 0. The molecule has 1 aromatic heterocycles. The molecule has 3 aromatic rings. The molecule has 5 heteroatoms. The van der Waals surface area contributed by atoms with Gasteiger partial charge in [-0.1, -0.05) is 36.2 Å². The number of aryl methyl sites for hydroxylation is 1. The van der Waals surface area contributed by atoms with Crippen molar-refractivity contribution in [2.24, 2.45) is 4.99 Å². The van der Waals surface area contributed by atoms with Crippen molar-refractivity contribution >= 4 is 23.5 Å². The number of halogens is 1. The van der Waals surface area contributed by atoms with Gasteiger partial charge in [-0.05, 0) is 43.2 Å². The van der Waals surface area contributed by atoms with Crippen molar-refractivity contribution in [3.8, 4) is 11.4 Å². The first-order chi connectivity index (χ1) is 12.3. The van der Waals surface area contributed by atoms with Gasteiger partial charge in [-0.2, -0.15) is 0 Å². The summed E-state index contributed by atoms with van der Waals surface area (Å²) in [5.74, 6) is 2.06. The van der Waals surface area contributed by atoms with Crippen LogP contribution in [0.5, 0.6) is 0 Å². The van der Waals surface area contributed by atoms with Crippen molar-refractivity contribution in [2.75, 3.05) is 0 Å². The second-order valence-electron chi connectivity index (χ2n) is 6.23. The molecule has 0 atom stereocenters. The molecule has 4 nitrogen and oxygen atoms in total. The Labute approximate surface area is 152 Å². The molecule has 1 aliphatic rings. The van der Waals surface area contributed by atoms with Crippen molar-refractivity contribution < 1.29 is 0 Å². The molecule has 0 saturated heterocycles. The molecule has 0 spiro atoms. The lowest BCUT2D eigenvalue weighted by Gasteiger charge is -2.07. The summed E-state index contributed by atoms with van der Waals surface area (Å²) < 4.78 is 2.26. The van der Waals surface area contributed by atoms with E-state index < -0.39 is 0 Å². The first kappa shape index (κ1) is 16.0. The Kier molecular flexibility index (Phi) is 4.61. The van der Waals surface area contributed by atoms with Gasteiger partial charge in [-0.3, -0.25) is 4.99 Å². The molecular weight excluding hydrogens is 332 g/mol. The van der Waals surface area contributed by atoms with Crippen LogP contribution in [-0.2, 0) is 13.0 Å². The topological polar surface area (TPSA) is 43.1 Å². The lowest BCUT2D eigenvalue weighted by Crippen LogP contribution is -2.02. The maximum atomic E-state index is 6.15. The Morgan fingerprint density at radius 3 is 2.64 bits per heavy atom. The normalized spacial score (nSPS) is 14.4. The first-order valence-electron chi connectivity index (χ1n) is 8.62. The summed E-state index contributed by atoms with van der Waals surface area (Å²) in [5.41, 5.74) is 2.88. The van der Waals surface area contributed by atoms with Crippen molar-refractivity contribution in [3.05, 3.63) is 64.9 Å². The van der Waals surface area contributed by atoms with E-state index >= 15 is 0 Å². The number of aliphatic imine (C=N–C) groups is 1. The summed E-state index contributed by atoms with van der Waals surface area (Å²) in [7, 11) is 0. The second kappa shape index (κ2) is 7.19. The van der Waals surface area contributed by atoms with Gasteiger partial charge < -0.3 is 4.57 Å². The van der Waals surface area contributed by atoms with E-state index in [9.17, 15) is 0 Å². The zero-order chi connectivity index (χ0) is 17.1. The van der Waals surface area contributed by atoms with E-state index in [0.29, 0.717) is 5.02 Å². The maximum absolute atomic E-state index is 6.15. The fourth-order valence-corrected chi connectivity index (χ4v) is 3.30. The van der Waals surface area contributed by atoms with Crippen LogP contribution >= 0.6 is 11.6 Å². The quantitative estimate of drug-likeness (QED) is 0.618. The summed E-state index contributed by atoms with van der Waals surface area (Å²) in [6.07, 6.45) is 6.47. The third kappa shape index (κ3) is 3.49. The lowest BCUT2D eigenvalue weighted by atomic mass is 10.2. The van der Waals surface area contributed by atoms with Crippen LogP contribution in [-0.4, -0.2) is 21.0 Å². The van der Waals surface area contributed by atoms with E-state index in [-0.39, 0.29) is 0 Å². The molecule has 0 aliphatic carbocycles. The van der Waals surface area contributed by atoms with Crippen molar-refractivity contribution in [3.63, 3.8) is 0 Å². The van der Waals surface area contributed by atoms with Crippen molar-refractivity contribution in [1.29, 1.82) is 0 Å². The minimum absolute atomic E-state index is 0.703. The number of rotatable bonds is 3. The van der Waals surface area contributed by atoms with Gasteiger partial charge in [0.05, 0.1) is 5.69 Å². The van der Waals surface area contributed by atoms with Crippen LogP contribution < -0.4 is 0 Å². The van der Waals surface area contributed by atoms with E-state index in [1.807, 2.05) is 36.4 Å². The molecule has 2 heterocycles. The molecule has 0 amide bonds. The van der Waals surface area contributed by atoms with Crippen LogP contribution in [0.4, 0.5) is 5.69 Å². The van der Waals surface area contributed by atoms with Gasteiger partial charge >= 0.3 is 0 Å². The molecule has 2 aromatic carbocycles. The summed E-state index contributed by atoms with van der Waals surface area (Å²) in [4.78, 5) is 4.51. The second-order valence-corrected chi connectivity index (χ2v) is 6.64. The smallest absolute Gasteiger partial charge is 0.163 e. The number of hydrogen-bond acceptors (Lipinski definition) is 3. The van der Waals surface area contributed by atoms with E-state index in [2.05, 4.69) is 31.9 Å².